The molecule has 0 amide bonds. The summed E-state index contributed by atoms with van der Waals surface area (Å²) in [7, 11) is 0. The van der Waals surface area contributed by atoms with Crippen LogP contribution in [0.3, 0.4) is 0 Å². The van der Waals surface area contributed by atoms with Crippen molar-refractivity contribution in [1.82, 2.24) is 5.32 Å². The predicted octanol–water partition coefficient (Wildman–Crippen LogP) is 2.36. The van der Waals surface area contributed by atoms with Crippen LogP contribution in [0.15, 0.2) is 29.6 Å². The molecule has 0 spiro atoms. The number of carbonyl (C=O) groups excluding carboxylic acids is 1. The van der Waals surface area contributed by atoms with Gasteiger partial charge in [-0.2, -0.15) is 0 Å². The number of hydrogen-bond donors (Lipinski definition) is 2. The molecule has 0 aliphatic heterocycles. The van der Waals surface area contributed by atoms with Crippen LogP contribution in [-0.2, 0) is 17.6 Å². The number of benzene rings is 1. The molecule has 1 aromatic carbocycles. The lowest BCUT2D eigenvalue weighted by atomic mass is 9.85. The molecule has 0 radical (unpaired) electrons. The fraction of sp³-hybridized carbons (Fsp3) is 0.438. The molecule has 0 saturated carbocycles. The smallest absolute Gasteiger partial charge is 0.186 e. The molecule has 2 aliphatic carbocycles. The minimum Gasteiger partial charge on any atom is -0.394 e. The maximum Gasteiger partial charge on any atom is 0.186 e. The van der Waals surface area contributed by atoms with Crippen molar-refractivity contribution in [3.8, 4) is 0 Å². The number of Topliss-reactive ketones (excluding diaryl/α,β-unsaturated/α-hetero) is 1. The van der Waals surface area contributed by atoms with Crippen molar-refractivity contribution in [1.29, 1.82) is 0 Å². The van der Waals surface area contributed by atoms with Crippen LogP contribution in [0.5, 0.6) is 0 Å². The summed E-state index contributed by atoms with van der Waals surface area (Å²) in [5.41, 5.74) is 11.3. The van der Waals surface area contributed by atoms with E-state index in [1.165, 1.54) is 23.1 Å². The maximum absolute atomic E-state index is 11.2. The average Bonchev–Trinajstić information content (AvgIpc) is 2.46. The largest absolute Gasteiger partial charge is 0.394 e. The van der Waals surface area contributed by atoms with Gasteiger partial charge >= 0.3 is 0 Å². The van der Waals surface area contributed by atoms with E-state index in [1.807, 2.05) is 0 Å². The quantitative estimate of drug-likeness (QED) is 0.873. The summed E-state index contributed by atoms with van der Waals surface area (Å²) in [6.45, 7) is 2.18. The van der Waals surface area contributed by atoms with Crippen molar-refractivity contribution in [2.24, 2.45) is 5.73 Å². The molecule has 1 atom stereocenters. The van der Waals surface area contributed by atoms with Gasteiger partial charge in [-0.15, -0.1) is 0 Å². The van der Waals surface area contributed by atoms with Gasteiger partial charge in [-0.05, 0) is 42.4 Å². The molecule has 2 aliphatic rings. The van der Waals surface area contributed by atoms with Gasteiger partial charge in [-0.25, -0.2) is 0 Å². The van der Waals surface area contributed by atoms with E-state index in [2.05, 4.69) is 30.4 Å². The summed E-state index contributed by atoms with van der Waals surface area (Å²) in [6.07, 6.45) is 5.00. The zero-order chi connectivity index (χ0) is 13.4. The van der Waals surface area contributed by atoms with Gasteiger partial charge in [0, 0.05) is 5.70 Å². The van der Waals surface area contributed by atoms with E-state index in [0.29, 0.717) is 18.2 Å². The molecular formula is C16H20N2O. The number of hydrogen-bond acceptors (Lipinski definition) is 3. The van der Waals surface area contributed by atoms with Gasteiger partial charge in [0.15, 0.2) is 5.78 Å². The van der Waals surface area contributed by atoms with Gasteiger partial charge in [0.2, 0.25) is 0 Å². The second-order valence-electron chi connectivity index (χ2n) is 5.47. The van der Waals surface area contributed by atoms with Crippen molar-refractivity contribution in [3.05, 3.63) is 46.3 Å². The molecule has 3 heteroatoms. The van der Waals surface area contributed by atoms with Crippen LogP contribution in [0.4, 0.5) is 0 Å². The maximum atomic E-state index is 11.2. The summed E-state index contributed by atoms with van der Waals surface area (Å²) in [5, 5.41) is 3.48. The van der Waals surface area contributed by atoms with Crippen LogP contribution in [0.25, 0.3) is 0 Å². The van der Waals surface area contributed by atoms with Gasteiger partial charge in [0.1, 0.15) is 0 Å². The van der Waals surface area contributed by atoms with Crippen molar-refractivity contribution in [3.63, 3.8) is 0 Å². The van der Waals surface area contributed by atoms with E-state index in [0.717, 1.165) is 25.0 Å². The normalized spacial score (nSPS) is 21.9. The number of nitrogens with two attached hydrogens (primary N) is 1. The Labute approximate surface area is 113 Å². The minimum absolute atomic E-state index is 0.0702. The Morgan fingerprint density at radius 1 is 1.42 bits per heavy atom. The molecule has 19 heavy (non-hydrogen) atoms. The van der Waals surface area contributed by atoms with Gasteiger partial charge < -0.3 is 11.1 Å². The Bertz CT molecular complexity index is 560. The van der Waals surface area contributed by atoms with Gasteiger partial charge in [-0.3, -0.25) is 4.79 Å². The number of carbonyl (C=O) groups is 1. The molecule has 0 saturated heterocycles. The highest BCUT2D eigenvalue weighted by Crippen LogP contribution is 2.33. The van der Waals surface area contributed by atoms with Crippen LogP contribution in [0.2, 0.25) is 0 Å². The Morgan fingerprint density at radius 2 is 2.26 bits per heavy atom. The highest BCUT2D eigenvalue weighted by Gasteiger charge is 2.28. The molecule has 0 aromatic heterocycles. The van der Waals surface area contributed by atoms with Crippen molar-refractivity contribution < 1.29 is 4.79 Å². The van der Waals surface area contributed by atoms with E-state index >= 15 is 0 Å². The number of aryl methyl sites for hydroxylation is 2. The van der Waals surface area contributed by atoms with Crippen molar-refractivity contribution >= 4 is 5.78 Å². The standard InChI is InChI=1S/C16H20N2O/c1-2-10-6-7-11-4-3-5-13(12(11)8-10)18-14-9-15(19)16(14)17/h6-8,13,18H,2-5,9,17H2,1H3. The second-order valence-corrected chi connectivity index (χ2v) is 5.47. The average molecular weight is 256 g/mol. The molecule has 0 bridgehead atoms. The Kier molecular flexibility index (Phi) is 3.05. The third-order valence-electron chi connectivity index (χ3n) is 4.24. The first-order valence-electron chi connectivity index (χ1n) is 7.09. The number of rotatable bonds is 3. The molecule has 3 N–H and O–H groups in total. The van der Waals surface area contributed by atoms with E-state index in [1.54, 1.807) is 0 Å². The Morgan fingerprint density at radius 3 is 2.95 bits per heavy atom. The minimum atomic E-state index is 0.0702. The van der Waals surface area contributed by atoms with E-state index in [4.69, 9.17) is 5.73 Å². The number of allylic oxidation sites excluding steroid dienone is 2. The Balaban J connectivity index is 1.87. The topological polar surface area (TPSA) is 55.1 Å². The molecule has 1 aromatic rings. The zero-order valence-electron chi connectivity index (χ0n) is 11.3. The summed E-state index contributed by atoms with van der Waals surface area (Å²) >= 11 is 0. The van der Waals surface area contributed by atoms with Gasteiger partial charge in [-0.1, -0.05) is 25.1 Å². The lowest BCUT2D eigenvalue weighted by Gasteiger charge is -2.31. The molecule has 1 unspecified atom stereocenters. The SMILES string of the molecule is CCc1ccc2c(c1)C(NC1=C(N)C(=O)C1)CCC2. The number of fused-ring (bicyclic) bond motifs is 1. The highest BCUT2D eigenvalue weighted by molar-refractivity contribution is 6.03. The van der Waals surface area contributed by atoms with Crippen molar-refractivity contribution in [2.75, 3.05) is 0 Å². The molecule has 3 rings (SSSR count). The van der Waals surface area contributed by atoms with E-state index in [-0.39, 0.29) is 5.78 Å². The first-order chi connectivity index (χ1) is 9.19. The van der Waals surface area contributed by atoms with Crippen molar-refractivity contribution in [2.45, 2.75) is 45.1 Å². The van der Waals surface area contributed by atoms with Crippen LogP contribution in [-0.4, -0.2) is 5.78 Å². The van der Waals surface area contributed by atoms with Crippen LogP contribution < -0.4 is 11.1 Å². The molecule has 0 fully saturated rings. The first kappa shape index (κ1) is 12.3. The van der Waals surface area contributed by atoms with Gasteiger partial charge in [0.05, 0.1) is 18.2 Å². The molecular weight excluding hydrogens is 236 g/mol. The van der Waals surface area contributed by atoms with Crippen LogP contribution >= 0.6 is 0 Å². The lowest BCUT2D eigenvalue weighted by Crippen LogP contribution is -2.36. The van der Waals surface area contributed by atoms with E-state index in [9.17, 15) is 4.79 Å². The Hall–Kier alpha value is -1.77. The summed E-state index contributed by atoms with van der Waals surface area (Å²) in [5.74, 6) is 0.0702. The van der Waals surface area contributed by atoms with Crippen LogP contribution in [0.1, 0.15) is 48.9 Å². The first-order valence-corrected chi connectivity index (χ1v) is 7.09. The fourth-order valence-corrected chi connectivity index (χ4v) is 2.97. The number of nitrogens with one attached hydrogen (secondary N) is 1. The zero-order valence-corrected chi connectivity index (χ0v) is 11.3. The van der Waals surface area contributed by atoms with E-state index < -0.39 is 0 Å². The number of ketones is 1. The van der Waals surface area contributed by atoms with Gasteiger partial charge in [0.25, 0.3) is 0 Å². The highest BCUT2D eigenvalue weighted by atomic mass is 16.1. The van der Waals surface area contributed by atoms with Crippen LogP contribution in [0, 0.1) is 0 Å². The molecule has 0 heterocycles. The molecule has 3 nitrogen and oxygen atoms in total. The monoisotopic (exact) mass is 256 g/mol. The fourth-order valence-electron chi connectivity index (χ4n) is 2.97. The second kappa shape index (κ2) is 4.72. The summed E-state index contributed by atoms with van der Waals surface area (Å²) < 4.78 is 0. The lowest BCUT2D eigenvalue weighted by molar-refractivity contribution is -0.116. The third-order valence-corrected chi connectivity index (χ3v) is 4.24. The third kappa shape index (κ3) is 2.14. The predicted molar refractivity (Wildman–Crippen MR) is 75.5 cm³/mol. The summed E-state index contributed by atoms with van der Waals surface area (Å²) in [4.78, 5) is 11.2. The molecule has 100 valence electrons. The summed E-state index contributed by atoms with van der Waals surface area (Å²) in [6, 6.07) is 7.11.